The van der Waals surface area contributed by atoms with Crippen molar-refractivity contribution in [2.75, 3.05) is 0 Å². The Kier molecular flexibility index (Phi) is 1.15. The molecule has 2 aliphatic carbocycles. The minimum Gasteiger partial charge on any atom is -0.200 e. The summed E-state index contributed by atoms with van der Waals surface area (Å²) in [4.78, 5) is 0. The third-order valence-corrected chi connectivity index (χ3v) is 2.62. The fourth-order valence-corrected chi connectivity index (χ4v) is 1.64. The molecule has 4 heteroatoms. The zero-order valence-corrected chi connectivity index (χ0v) is 5.79. The van der Waals surface area contributed by atoms with Gasteiger partial charge in [0.1, 0.15) is 0 Å². The van der Waals surface area contributed by atoms with Crippen molar-refractivity contribution in [2.45, 2.75) is 31.1 Å². The van der Waals surface area contributed by atoms with Crippen LogP contribution in [0.2, 0.25) is 0 Å². The molecule has 0 nitrogen and oxygen atoms in total. The molecule has 1 atom stereocenters. The molecule has 0 spiro atoms. The molecule has 1 unspecified atom stereocenters. The Morgan fingerprint density at radius 3 is 1.82 bits per heavy atom. The van der Waals surface area contributed by atoms with Crippen molar-refractivity contribution in [3.63, 3.8) is 0 Å². The molecule has 11 heavy (non-hydrogen) atoms. The van der Waals surface area contributed by atoms with Crippen molar-refractivity contribution in [1.82, 2.24) is 0 Å². The largest absolute Gasteiger partial charge is 0.313 e. The van der Waals surface area contributed by atoms with E-state index in [1.54, 1.807) is 0 Å². The van der Waals surface area contributed by atoms with Crippen LogP contribution in [0.25, 0.3) is 0 Å². The highest BCUT2D eigenvalue weighted by Crippen LogP contribution is 2.62. The van der Waals surface area contributed by atoms with Gasteiger partial charge in [-0.1, -0.05) is 0 Å². The van der Waals surface area contributed by atoms with E-state index in [4.69, 9.17) is 0 Å². The molecule has 0 radical (unpaired) electrons. The second kappa shape index (κ2) is 1.72. The summed E-state index contributed by atoms with van der Waals surface area (Å²) in [5.41, 5.74) is 0. The first-order chi connectivity index (χ1) is 4.95. The van der Waals surface area contributed by atoms with Gasteiger partial charge in [-0.3, -0.25) is 0 Å². The third kappa shape index (κ3) is 0.811. The lowest BCUT2D eigenvalue weighted by atomic mass is 9.74. The molecule has 0 aliphatic heterocycles. The molecular formula is C7H8F4. The van der Waals surface area contributed by atoms with Gasteiger partial charge in [-0.2, -0.15) is 17.6 Å². The van der Waals surface area contributed by atoms with E-state index in [2.05, 4.69) is 0 Å². The fourth-order valence-electron chi connectivity index (χ4n) is 1.64. The second-order valence-electron chi connectivity index (χ2n) is 3.48. The summed E-state index contributed by atoms with van der Waals surface area (Å²) in [6.07, 6.45) is 0.803. The molecule has 0 aromatic heterocycles. The van der Waals surface area contributed by atoms with Gasteiger partial charge < -0.3 is 0 Å². The van der Waals surface area contributed by atoms with Gasteiger partial charge in [-0.05, 0) is 18.8 Å². The first kappa shape index (κ1) is 7.37. The van der Waals surface area contributed by atoms with E-state index in [0.29, 0.717) is 12.8 Å². The highest BCUT2D eigenvalue weighted by Gasteiger charge is 2.73. The van der Waals surface area contributed by atoms with Crippen molar-refractivity contribution in [2.24, 2.45) is 11.8 Å². The Balaban J connectivity index is 2.09. The highest BCUT2D eigenvalue weighted by atomic mass is 19.3. The lowest BCUT2D eigenvalue weighted by Crippen LogP contribution is -2.59. The van der Waals surface area contributed by atoms with Crippen molar-refractivity contribution >= 4 is 0 Å². The van der Waals surface area contributed by atoms with Gasteiger partial charge in [0.05, 0.1) is 0 Å². The number of rotatable bonds is 1. The smallest absolute Gasteiger partial charge is 0.200 e. The van der Waals surface area contributed by atoms with E-state index in [9.17, 15) is 17.6 Å². The maximum absolute atomic E-state index is 12.5. The fraction of sp³-hybridized carbons (Fsp3) is 1.00. The molecule has 2 rings (SSSR count). The van der Waals surface area contributed by atoms with Crippen LogP contribution in [-0.4, -0.2) is 11.8 Å². The normalized spacial score (nSPS) is 39.8. The summed E-state index contributed by atoms with van der Waals surface area (Å²) in [5.74, 6) is -8.59. The van der Waals surface area contributed by atoms with E-state index in [1.807, 2.05) is 0 Å². The second-order valence-corrected chi connectivity index (χ2v) is 3.48. The summed E-state index contributed by atoms with van der Waals surface area (Å²) in [6, 6.07) is 0. The Bertz CT molecular complexity index is 183. The van der Waals surface area contributed by atoms with Crippen LogP contribution in [0.1, 0.15) is 19.3 Å². The van der Waals surface area contributed by atoms with Crippen LogP contribution in [0.5, 0.6) is 0 Å². The number of halogens is 4. The van der Waals surface area contributed by atoms with Gasteiger partial charge in [0.15, 0.2) is 0 Å². The van der Waals surface area contributed by atoms with Crippen LogP contribution in [0.15, 0.2) is 0 Å². The SMILES string of the molecule is FC1(F)CC(C2CC2)C1(F)F. The number of hydrogen-bond donors (Lipinski definition) is 0. The van der Waals surface area contributed by atoms with Crippen LogP contribution in [0.4, 0.5) is 17.6 Å². The topological polar surface area (TPSA) is 0 Å². The third-order valence-electron chi connectivity index (χ3n) is 2.62. The van der Waals surface area contributed by atoms with Crippen molar-refractivity contribution in [3.8, 4) is 0 Å². The molecule has 0 N–H and O–H groups in total. The van der Waals surface area contributed by atoms with Crippen LogP contribution < -0.4 is 0 Å². The molecule has 0 heterocycles. The maximum atomic E-state index is 12.5. The number of alkyl halides is 4. The molecule has 0 aromatic rings. The highest BCUT2D eigenvalue weighted by molar-refractivity contribution is 5.08. The molecule has 2 fully saturated rings. The Morgan fingerprint density at radius 1 is 1.00 bits per heavy atom. The molecular weight excluding hydrogens is 160 g/mol. The van der Waals surface area contributed by atoms with Gasteiger partial charge in [-0.15, -0.1) is 0 Å². The van der Waals surface area contributed by atoms with Gasteiger partial charge in [0.25, 0.3) is 0 Å². The van der Waals surface area contributed by atoms with E-state index in [1.165, 1.54) is 0 Å². The molecule has 0 aromatic carbocycles. The predicted octanol–water partition coefficient (Wildman–Crippen LogP) is 2.69. The quantitative estimate of drug-likeness (QED) is 0.528. The van der Waals surface area contributed by atoms with Crippen LogP contribution in [-0.2, 0) is 0 Å². The Morgan fingerprint density at radius 2 is 1.55 bits per heavy atom. The molecule has 0 saturated heterocycles. The first-order valence-corrected chi connectivity index (χ1v) is 3.71. The van der Waals surface area contributed by atoms with Crippen molar-refractivity contribution in [3.05, 3.63) is 0 Å². The van der Waals surface area contributed by atoms with Crippen molar-refractivity contribution in [1.29, 1.82) is 0 Å². The Hall–Kier alpha value is -0.280. The minimum atomic E-state index is -3.72. The summed E-state index contributed by atoms with van der Waals surface area (Å²) in [6.45, 7) is 0. The summed E-state index contributed by atoms with van der Waals surface area (Å²) in [7, 11) is 0. The summed E-state index contributed by atoms with van der Waals surface area (Å²) < 4.78 is 49.5. The van der Waals surface area contributed by atoms with Gasteiger partial charge >= 0.3 is 11.8 Å². The first-order valence-electron chi connectivity index (χ1n) is 3.71. The van der Waals surface area contributed by atoms with Crippen LogP contribution >= 0.6 is 0 Å². The Labute approximate surface area is 61.6 Å². The predicted molar refractivity (Wildman–Crippen MR) is 30.7 cm³/mol. The average molecular weight is 168 g/mol. The van der Waals surface area contributed by atoms with E-state index in [-0.39, 0.29) is 5.92 Å². The van der Waals surface area contributed by atoms with Gasteiger partial charge in [0, 0.05) is 12.3 Å². The summed E-state index contributed by atoms with van der Waals surface area (Å²) in [5, 5.41) is 0. The molecule has 2 saturated carbocycles. The van der Waals surface area contributed by atoms with Crippen LogP contribution in [0, 0.1) is 11.8 Å². The van der Waals surface area contributed by atoms with E-state index in [0.717, 1.165) is 0 Å². The monoisotopic (exact) mass is 168 g/mol. The lowest BCUT2D eigenvalue weighted by molar-refractivity contribution is -0.318. The van der Waals surface area contributed by atoms with Crippen molar-refractivity contribution < 1.29 is 17.6 Å². The minimum absolute atomic E-state index is 0.121. The summed E-state index contributed by atoms with van der Waals surface area (Å²) >= 11 is 0. The molecule has 2 aliphatic rings. The zero-order valence-electron chi connectivity index (χ0n) is 5.79. The molecule has 64 valence electrons. The zero-order chi connectivity index (χ0) is 8.28. The van der Waals surface area contributed by atoms with Crippen LogP contribution in [0.3, 0.4) is 0 Å². The van der Waals surface area contributed by atoms with E-state index >= 15 is 0 Å². The molecule has 0 bridgehead atoms. The van der Waals surface area contributed by atoms with E-state index < -0.39 is 24.2 Å². The number of hydrogen-bond acceptors (Lipinski definition) is 0. The average Bonchev–Trinajstić information content (AvgIpc) is 2.64. The van der Waals surface area contributed by atoms with Gasteiger partial charge in [0.2, 0.25) is 0 Å². The van der Waals surface area contributed by atoms with Gasteiger partial charge in [-0.25, -0.2) is 0 Å². The lowest BCUT2D eigenvalue weighted by Gasteiger charge is -2.44. The standard InChI is InChI=1S/C7H8F4/c8-6(9)3-5(4-1-2-4)7(6,10)11/h4-5H,1-3H2. The molecule has 0 amide bonds. The maximum Gasteiger partial charge on any atom is 0.313 e.